The Morgan fingerprint density at radius 3 is 2.46 bits per heavy atom. The zero-order valence-corrected chi connectivity index (χ0v) is 35.8. The van der Waals surface area contributed by atoms with E-state index < -0.39 is 84.6 Å². The number of carbonyl (C=O) groups is 3. The SMILES string of the molecule is CCCCCC/C=C/CC(=O)SCCNC(=O)CCNC(=O)[C@H](O)C(C)(C)COP(=O)([O-])OP(=O)([O-])OC[C@H]1O[C@@H](n2cnc3c(N)ncnc32)[C@H](O)[C@@H]1OP(=O)([O-])[O-]. The Morgan fingerprint density at radius 1 is 1.05 bits per heavy atom. The minimum absolute atomic E-state index is 0.0204. The summed E-state index contributed by atoms with van der Waals surface area (Å²) >= 11 is 1.08. The van der Waals surface area contributed by atoms with E-state index in [9.17, 15) is 57.9 Å². The van der Waals surface area contributed by atoms with E-state index in [2.05, 4.69) is 50.4 Å². The molecule has 2 aromatic heterocycles. The average molecular weight is 916 g/mol. The van der Waals surface area contributed by atoms with Crippen LogP contribution in [0.5, 0.6) is 0 Å². The number of rotatable bonds is 26. The second-order valence-corrected chi connectivity index (χ2v) is 18.9. The third-order valence-corrected chi connectivity index (χ3v) is 12.3. The molecule has 2 aromatic rings. The smallest absolute Gasteiger partial charge is 0.274 e. The van der Waals surface area contributed by atoms with Gasteiger partial charge in [-0.05, 0) is 12.8 Å². The summed E-state index contributed by atoms with van der Waals surface area (Å²) in [6.45, 7) is 2.26. The highest BCUT2D eigenvalue weighted by molar-refractivity contribution is 8.13. The molecule has 0 aromatic carbocycles. The number of aliphatic hydroxyl groups is 2. The van der Waals surface area contributed by atoms with Crippen molar-refractivity contribution < 1.29 is 80.5 Å². The second-order valence-electron chi connectivity index (χ2n) is 13.7. The molecule has 2 unspecified atom stereocenters. The van der Waals surface area contributed by atoms with E-state index in [-0.39, 0.29) is 41.6 Å². The summed E-state index contributed by atoms with van der Waals surface area (Å²) in [5.74, 6) is -1.19. The molecule has 1 aliphatic heterocycles. The van der Waals surface area contributed by atoms with Crippen molar-refractivity contribution in [2.45, 2.75) is 96.4 Å². The molecule has 1 saturated heterocycles. The van der Waals surface area contributed by atoms with E-state index in [0.29, 0.717) is 12.2 Å². The molecule has 6 N–H and O–H groups in total. The summed E-state index contributed by atoms with van der Waals surface area (Å²) in [4.78, 5) is 96.2. The lowest BCUT2D eigenvalue weighted by Crippen LogP contribution is -2.46. The Labute approximate surface area is 343 Å². The molecule has 2 amide bonds. The van der Waals surface area contributed by atoms with Gasteiger partial charge in [-0.2, -0.15) is 0 Å². The van der Waals surface area contributed by atoms with Gasteiger partial charge in [0.05, 0.1) is 27.4 Å². The molecule has 59 heavy (non-hydrogen) atoms. The largest absolute Gasteiger partial charge is 0.790 e. The van der Waals surface area contributed by atoms with Crippen LogP contribution >= 0.6 is 35.2 Å². The van der Waals surface area contributed by atoms with Crippen LogP contribution < -0.4 is 35.9 Å². The second kappa shape index (κ2) is 22.9. The number of nitrogens with one attached hydrogen (secondary N) is 2. The number of phosphoric ester groups is 3. The van der Waals surface area contributed by atoms with Crippen LogP contribution in [-0.4, -0.2) is 103 Å². The summed E-state index contributed by atoms with van der Waals surface area (Å²) in [5, 5.41) is 26.2. The molecule has 7 atom stereocenters. The topological polar surface area (TPSA) is 375 Å². The number of thioether (sulfide) groups is 1. The summed E-state index contributed by atoms with van der Waals surface area (Å²) in [6.07, 6.45) is 2.03. The van der Waals surface area contributed by atoms with Gasteiger partial charge >= 0.3 is 0 Å². The van der Waals surface area contributed by atoms with Crippen LogP contribution in [0.2, 0.25) is 0 Å². The highest BCUT2D eigenvalue weighted by atomic mass is 32.2. The van der Waals surface area contributed by atoms with Gasteiger partial charge in [0.15, 0.2) is 22.8 Å². The van der Waals surface area contributed by atoms with Gasteiger partial charge in [0.25, 0.3) is 15.6 Å². The Bertz CT molecular complexity index is 1900. The third kappa shape index (κ3) is 16.9. The number of nitrogens with zero attached hydrogens (tertiary/aromatic N) is 4. The number of ether oxygens (including phenoxy) is 1. The van der Waals surface area contributed by atoms with Gasteiger partial charge < -0.3 is 69.0 Å². The molecular weight excluding hydrogens is 867 g/mol. The normalized spacial score (nSPS) is 21.3. The van der Waals surface area contributed by atoms with E-state index in [4.69, 9.17) is 10.5 Å². The van der Waals surface area contributed by atoms with Crippen molar-refractivity contribution in [1.29, 1.82) is 0 Å². The minimum atomic E-state index is -5.91. The number of allylic oxidation sites excluding steroid dienone is 2. The molecule has 334 valence electrons. The van der Waals surface area contributed by atoms with Crippen molar-refractivity contribution in [1.82, 2.24) is 30.2 Å². The first-order valence-corrected chi connectivity index (χ1v) is 23.5. The maximum absolute atomic E-state index is 12.6. The van der Waals surface area contributed by atoms with Crippen molar-refractivity contribution in [3.63, 3.8) is 0 Å². The van der Waals surface area contributed by atoms with Gasteiger partial charge in [0.2, 0.25) is 11.8 Å². The molecule has 3 heterocycles. The average Bonchev–Trinajstić information content (AvgIpc) is 3.71. The van der Waals surface area contributed by atoms with Crippen molar-refractivity contribution in [3.05, 3.63) is 24.8 Å². The lowest BCUT2D eigenvalue weighted by atomic mass is 9.87. The number of nitrogens with two attached hydrogens (primary N) is 1. The van der Waals surface area contributed by atoms with E-state index in [1.165, 1.54) is 20.3 Å². The first kappa shape index (κ1) is 50.7. The van der Waals surface area contributed by atoms with Crippen LogP contribution in [0.3, 0.4) is 0 Å². The molecule has 0 aliphatic carbocycles. The number of carbonyl (C=O) groups excluding carboxylic acids is 3. The number of amides is 2. The maximum atomic E-state index is 12.6. The van der Waals surface area contributed by atoms with Gasteiger partial charge in [-0.15, -0.1) is 0 Å². The summed E-state index contributed by atoms with van der Waals surface area (Å²) < 4.78 is 60.6. The number of aliphatic hydroxyl groups excluding tert-OH is 2. The van der Waals surface area contributed by atoms with Gasteiger partial charge in [-0.25, -0.2) is 19.3 Å². The van der Waals surface area contributed by atoms with Crippen LogP contribution in [0, 0.1) is 5.41 Å². The number of unbranched alkanes of at least 4 members (excludes halogenated alkanes) is 4. The number of imidazole rings is 1. The van der Waals surface area contributed by atoms with Crippen molar-refractivity contribution in [2.24, 2.45) is 5.41 Å². The standard InChI is InChI=1S/C31H52N7O17P3S/c1-4-5-6-7-8-9-10-11-22(40)59-15-14-33-21(39)12-13-34-29(43)26(42)31(2,3)17-52-58(49,50)55-57(47,48)51-16-20-25(54-56(44,45)46)24(41)30(53-20)38-19-37-23-27(32)35-18-36-28(23)38/h9-10,18-20,24-26,30,41-42H,4-8,11-17H2,1-3H3,(H,33,39)(H,34,43)(H,47,48)(H,49,50)(H2,32,35,36)(H2,44,45,46)/p-4/b10-9+/t20-,24-,25-,26+,30-/m1/s1. The van der Waals surface area contributed by atoms with Gasteiger partial charge in [0, 0.05) is 37.1 Å². The van der Waals surface area contributed by atoms with Crippen molar-refractivity contribution in [2.75, 3.05) is 37.8 Å². The molecule has 3 rings (SSSR count). The predicted molar refractivity (Wildman–Crippen MR) is 201 cm³/mol. The highest BCUT2D eigenvalue weighted by Crippen LogP contribution is 2.56. The Kier molecular flexibility index (Phi) is 19.7. The summed E-state index contributed by atoms with van der Waals surface area (Å²) in [6, 6.07) is 0. The fraction of sp³-hybridized carbons (Fsp3) is 0.677. The highest BCUT2D eigenvalue weighted by Gasteiger charge is 2.47. The first-order valence-electron chi connectivity index (χ1n) is 18.2. The first-order chi connectivity index (χ1) is 27.6. The predicted octanol–water partition coefficient (Wildman–Crippen LogP) is -0.947. The van der Waals surface area contributed by atoms with Crippen molar-refractivity contribution in [3.8, 4) is 0 Å². The number of nitrogen functional groups attached to an aromatic ring is 1. The van der Waals surface area contributed by atoms with Crippen LogP contribution in [0.4, 0.5) is 5.82 Å². The minimum Gasteiger partial charge on any atom is -0.790 e. The lowest BCUT2D eigenvalue weighted by Gasteiger charge is -2.36. The van der Waals surface area contributed by atoms with Gasteiger partial charge in [-0.3, -0.25) is 28.1 Å². The maximum Gasteiger partial charge on any atom is 0.274 e. The number of fused-ring (bicyclic) bond motifs is 1. The molecule has 0 saturated carbocycles. The van der Waals surface area contributed by atoms with Crippen LogP contribution in [0.1, 0.15) is 71.9 Å². The van der Waals surface area contributed by atoms with Crippen LogP contribution in [-0.2, 0) is 50.7 Å². The molecular formula is C31H48N7O17P3S-4. The van der Waals surface area contributed by atoms with Crippen molar-refractivity contribution >= 4 is 69.1 Å². The molecule has 0 spiro atoms. The van der Waals surface area contributed by atoms with E-state index in [0.717, 1.165) is 54.7 Å². The monoisotopic (exact) mass is 915 g/mol. The zero-order chi connectivity index (χ0) is 44.0. The molecule has 0 radical (unpaired) electrons. The van der Waals surface area contributed by atoms with Gasteiger partial charge in [-0.1, -0.05) is 63.9 Å². The number of anilines is 1. The fourth-order valence-electron chi connectivity index (χ4n) is 5.32. The van der Waals surface area contributed by atoms with E-state index in [1.807, 2.05) is 12.2 Å². The number of aromatic nitrogens is 4. The number of hydrogen-bond acceptors (Lipinski definition) is 22. The van der Waals surface area contributed by atoms with Crippen LogP contribution in [0.15, 0.2) is 24.8 Å². The lowest BCUT2D eigenvalue weighted by molar-refractivity contribution is -0.347. The Morgan fingerprint density at radius 2 is 1.76 bits per heavy atom. The fourth-order valence-corrected chi connectivity index (χ4v) is 8.70. The quantitative estimate of drug-likeness (QED) is 0.0431. The molecule has 1 aliphatic rings. The van der Waals surface area contributed by atoms with Crippen LogP contribution in [0.25, 0.3) is 11.2 Å². The number of phosphoric acid groups is 3. The molecule has 0 bridgehead atoms. The molecule has 24 nitrogen and oxygen atoms in total. The van der Waals surface area contributed by atoms with Gasteiger partial charge in [0.1, 0.15) is 36.3 Å². The number of hydrogen-bond donors (Lipinski definition) is 5. The Balaban J connectivity index is 1.43. The molecule has 1 fully saturated rings. The molecule has 28 heteroatoms. The Hall–Kier alpha value is -2.70. The summed E-state index contributed by atoms with van der Waals surface area (Å²) in [7, 11) is -17.6. The van der Waals surface area contributed by atoms with E-state index in [1.54, 1.807) is 0 Å². The third-order valence-electron chi connectivity index (χ3n) is 8.42. The zero-order valence-electron chi connectivity index (χ0n) is 32.3. The summed E-state index contributed by atoms with van der Waals surface area (Å²) in [5.41, 5.74) is 4.08. The van der Waals surface area contributed by atoms with E-state index >= 15 is 0 Å².